The maximum absolute atomic E-state index is 14.4. The Morgan fingerprint density at radius 1 is 1.32 bits per heavy atom. The van der Waals surface area contributed by atoms with Crippen LogP contribution in [0.1, 0.15) is 30.5 Å². The molecule has 2 aromatic rings. The lowest BCUT2D eigenvalue weighted by molar-refractivity contribution is -0.135. The summed E-state index contributed by atoms with van der Waals surface area (Å²) in [4.78, 5) is 33.3. The molecule has 2 heterocycles. The summed E-state index contributed by atoms with van der Waals surface area (Å²) >= 11 is 3.14. The number of thioether (sulfide) groups is 1. The molecule has 0 bridgehead atoms. The smallest absolute Gasteiger partial charge is 0.228 e. The van der Waals surface area contributed by atoms with Crippen LogP contribution in [0, 0.1) is 11.7 Å². The van der Waals surface area contributed by atoms with Crippen molar-refractivity contribution in [2.75, 3.05) is 32.1 Å². The van der Waals surface area contributed by atoms with Crippen molar-refractivity contribution in [3.8, 4) is 0 Å². The molecule has 168 valence electrons. The zero-order valence-corrected chi connectivity index (χ0v) is 19.8. The van der Waals surface area contributed by atoms with E-state index in [0.29, 0.717) is 37.9 Å². The Bertz CT molecular complexity index is 854. The predicted molar refractivity (Wildman–Crippen MR) is 125 cm³/mol. The first-order valence-corrected chi connectivity index (χ1v) is 13.0. The standard InChI is InChI=1S/C23H30FN3O2S2/c1-26(22(28)9-12-30-2)21(13-18-5-3-4-6-20(18)24)17-7-10-27(11-8-17)23(29)14-19-15-31-16-25-19/h3-6,15-17,21H,7-14H2,1-2H3/t21-/m1/s1. The van der Waals surface area contributed by atoms with Crippen molar-refractivity contribution >= 4 is 34.9 Å². The fraction of sp³-hybridized carbons (Fsp3) is 0.522. The van der Waals surface area contributed by atoms with Crippen LogP contribution in [0.15, 0.2) is 35.2 Å². The summed E-state index contributed by atoms with van der Waals surface area (Å²) in [6.07, 6.45) is 4.91. The maximum atomic E-state index is 14.4. The van der Waals surface area contributed by atoms with E-state index in [1.807, 2.05) is 34.5 Å². The van der Waals surface area contributed by atoms with Crippen LogP contribution in [0.4, 0.5) is 4.39 Å². The normalized spacial score (nSPS) is 15.6. The zero-order chi connectivity index (χ0) is 22.2. The summed E-state index contributed by atoms with van der Waals surface area (Å²) in [5, 5.41) is 1.91. The summed E-state index contributed by atoms with van der Waals surface area (Å²) in [5.74, 6) is 0.968. The van der Waals surface area contributed by atoms with Gasteiger partial charge in [0.05, 0.1) is 17.6 Å². The molecule has 3 rings (SSSR count). The second-order valence-corrected chi connectivity index (χ2v) is 9.69. The molecule has 1 aliphatic heterocycles. The number of nitrogens with zero attached hydrogens (tertiary/aromatic N) is 3. The lowest BCUT2D eigenvalue weighted by Crippen LogP contribution is -2.48. The minimum atomic E-state index is -0.228. The summed E-state index contributed by atoms with van der Waals surface area (Å²) in [5.41, 5.74) is 3.19. The molecule has 0 spiro atoms. The minimum Gasteiger partial charge on any atom is -0.342 e. The van der Waals surface area contributed by atoms with Gasteiger partial charge in [0.2, 0.25) is 11.8 Å². The van der Waals surface area contributed by atoms with Crippen molar-refractivity contribution in [1.29, 1.82) is 0 Å². The van der Waals surface area contributed by atoms with Crippen LogP contribution in [-0.2, 0) is 22.4 Å². The third-order valence-corrected chi connectivity index (χ3v) is 7.30. The highest BCUT2D eigenvalue weighted by atomic mass is 32.2. The number of hydrogen-bond donors (Lipinski definition) is 0. The second kappa shape index (κ2) is 11.6. The molecule has 1 atom stereocenters. The van der Waals surface area contributed by atoms with Crippen LogP contribution in [0.2, 0.25) is 0 Å². The molecular weight excluding hydrogens is 433 g/mol. The first kappa shape index (κ1) is 23.7. The first-order valence-electron chi connectivity index (χ1n) is 10.6. The van der Waals surface area contributed by atoms with E-state index in [1.54, 1.807) is 29.4 Å². The molecule has 1 fully saturated rings. The van der Waals surface area contributed by atoms with Crippen molar-refractivity contribution < 1.29 is 14.0 Å². The average Bonchev–Trinajstić information content (AvgIpc) is 3.29. The summed E-state index contributed by atoms with van der Waals surface area (Å²) in [6.45, 7) is 1.32. The average molecular weight is 464 g/mol. The number of carbonyl (C=O) groups excluding carboxylic acids is 2. The van der Waals surface area contributed by atoms with Crippen LogP contribution < -0.4 is 0 Å². The summed E-state index contributed by atoms with van der Waals surface area (Å²) < 4.78 is 14.4. The molecule has 0 saturated carbocycles. The maximum Gasteiger partial charge on any atom is 0.228 e. The van der Waals surface area contributed by atoms with Gasteiger partial charge in [-0.25, -0.2) is 9.37 Å². The number of likely N-dealkylation sites (N-methyl/N-ethyl adjacent to an activating group) is 1. The van der Waals surface area contributed by atoms with E-state index in [4.69, 9.17) is 0 Å². The van der Waals surface area contributed by atoms with Gasteiger partial charge in [-0.2, -0.15) is 11.8 Å². The van der Waals surface area contributed by atoms with Crippen LogP contribution in [-0.4, -0.2) is 64.8 Å². The molecule has 1 saturated heterocycles. The number of likely N-dealkylation sites (tertiary alicyclic amines) is 1. The Balaban J connectivity index is 1.66. The van der Waals surface area contributed by atoms with Gasteiger partial charge < -0.3 is 9.80 Å². The Kier molecular flexibility index (Phi) is 8.90. The first-order chi connectivity index (χ1) is 15.0. The largest absolute Gasteiger partial charge is 0.342 e. The highest BCUT2D eigenvalue weighted by Crippen LogP contribution is 2.28. The molecule has 0 unspecified atom stereocenters. The van der Waals surface area contributed by atoms with Gasteiger partial charge in [0.15, 0.2) is 0 Å². The fourth-order valence-electron chi connectivity index (χ4n) is 4.18. The number of amides is 2. The highest BCUT2D eigenvalue weighted by molar-refractivity contribution is 7.98. The van der Waals surface area contributed by atoms with Gasteiger partial charge >= 0.3 is 0 Å². The van der Waals surface area contributed by atoms with E-state index in [9.17, 15) is 14.0 Å². The number of benzene rings is 1. The SMILES string of the molecule is CSCCC(=O)N(C)[C@H](Cc1ccccc1F)C1CCN(C(=O)Cc2cscn2)CC1. The topological polar surface area (TPSA) is 53.5 Å². The van der Waals surface area contributed by atoms with Crippen molar-refractivity contribution in [3.05, 3.63) is 52.2 Å². The fourth-order valence-corrected chi connectivity index (χ4v) is 5.12. The number of carbonyl (C=O) groups is 2. The van der Waals surface area contributed by atoms with E-state index < -0.39 is 0 Å². The Labute approximate surface area is 192 Å². The Morgan fingerprint density at radius 2 is 2.06 bits per heavy atom. The molecule has 5 nitrogen and oxygen atoms in total. The van der Waals surface area contributed by atoms with Gasteiger partial charge in [0, 0.05) is 43.7 Å². The molecule has 31 heavy (non-hydrogen) atoms. The van der Waals surface area contributed by atoms with E-state index in [0.717, 1.165) is 24.3 Å². The highest BCUT2D eigenvalue weighted by Gasteiger charge is 2.33. The van der Waals surface area contributed by atoms with Gasteiger partial charge in [0.25, 0.3) is 0 Å². The van der Waals surface area contributed by atoms with Crippen LogP contribution in [0.25, 0.3) is 0 Å². The number of hydrogen-bond acceptors (Lipinski definition) is 5. The minimum absolute atomic E-state index is 0.0814. The van der Waals surface area contributed by atoms with Crippen LogP contribution >= 0.6 is 23.1 Å². The molecule has 2 amide bonds. The lowest BCUT2D eigenvalue weighted by Gasteiger charge is -2.40. The molecule has 1 aliphatic rings. The van der Waals surface area contributed by atoms with Gasteiger partial charge in [0.1, 0.15) is 5.82 Å². The third-order valence-electron chi connectivity index (χ3n) is 6.05. The van der Waals surface area contributed by atoms with Crippen LogP contribution in [0.3, 0.4) is 0 Å². The lowest BCUT2D eigenvalue weighted by atomic mass is 9.84. The second-order valence-electron chi connectivity index (χ2n) is 7.99. The van der Waals surface area contributed by atoms with Crippen LogP contribution in [0.5, 0.6) is 0 Å². The molecule has 0 aliphatic carbocycles. The molecule has 1 aromatic carbocycles. The van der Waals surface area contributed by atoms with Crippen molar-refractivity contribution in [3.63, 3.8) is 0 Å². The number of thiazole rings is 1. The van der Waals surface area contributed by atoms with E-state index in [2.05, 4.69) is 4.98 Å². The quantitative estimate of drug-likeness (QED) is 0.566. The molecule has 1 aromatic heterocycles. The molecular formula is C23H30FN3O2S2. The van der Waals surface area contributed by atoms with Crippen molar-refractivity contribution in [2.24, 2.45) is 5.92 Å². The third kappa shape index (κ3) is 6.53. The summed E-state index contributed by atoms with van der Waals surface area (Å²) in [7, 11) is 1.84. The van der Waals surface area contributed by atoms with Crippen molar-refractivity contribution in [1.82, 2.24) is 14.8 Å². The molecule has 8 heteroatoms. The van der Waals surface area contributed by atoms with Gasteiger partial charge in [-0.15, -0.1) is 11.3 Å². The predicted octanol–water partition coefficient (Wildman–Crippen LogP) is 3.89. The Hall–Kier alpha value is -1.93. The number of halogens is 1. The molecule has 0 N–H and O–H groups in total. The van der Waals surface area contributed by atoms with Gasteiger partial charge in [-0.05, 0) is 43.1 Å². The summed E-state index contributed by atoms with van der Waals surface area (Å²) in [6, 6.07) is 6.72. The monoisotopic (exact) mass is 463 g/mol. The number of aromatic nitrogens is 1. The number of piperidine rings is 1. The Morgan fingerprint density at radius 3 is 2.71 bits per heavy atom. The van der Waals surface area contributed by atoms with Crippen molar-refractivity contribution in [2.45, 2.75) is 38.1 Å². The van der Waals surface area contributed by atoms with E-state index in [-0.39, 0.29) is 29.6 Å². The molecule has 0 radical (unpaired) electrons. The van der Waals surface area contributed by atoms with E-state index >= 15 is 0 Å². The number of rotatable bonds is 9. The van der Waals surface area contributed by atoms with Gasteiger partial charge in [-0.1, -0.05) is 18.2 Å². The zero-order valence-electron chi connectivity index (χ0n) is 18.1. The van der Waals surface area contributed by atoms with E-state index in [1.165, 1.54) is 17.4 Å². The van der Waals surface area contributed by atoms with Gasteiger partial charge in [-0.3, -0.25) is 9.59 Å².